The molecule has 0 bridgehead atoms. The fourth-order valence-electron chi connectivity index (χ4n) is 3.33. The van der Waals surface area contributed by atoms with E-state index in [2.05, 4.69) is 20.2 Å². The molecule has 2 heterocycles. The van der Waals surface area contributed by atoms with Crippen LogP contribution >= 0.6 is 11.6 Å². The first-order valence-corrected chi connectivity index (χ1v) is 9.31. The summed E-state index contributed by atoms with van der Waals surface area (Å²) in [6, 6.07) is 1.93. The molecule has 0 spiro atoms. The molecular weight excluding hydrogens is 440 g/mol. The van der Waals surface area contributed by atoms with Crippen LogP contribution in [0.4, 0.5) is 13.8 Å². The minimum atomic E-state index is -1.38. The van der Waals surface area contributed by atoms with Crippen LogP contribution in [0.25, 0.3) is 0 Å². The number of pyridine rings is 1. The van der Waals surface area contributed by atoms with Crippen LogP contribution < -0.4 is 15.2 Å². The van der Waals surface area contributed by atoms with Gasteiger partial charge in [-0.1, -0.05) is 17.7 Å². The van der Waals surface area contributed by atoms with Gasteiger partial charge in [-0.2, -0.15) is 0 Å². The maximum atomic E-state index is 12.6. The van der Waals surface area contributed by atoms with Gasteiger partial charge in [-0.3, -0.25) is 19.7 Å². The number of benzene rings is 1. The molecule has 1 unspecified atom stereocenters. The standard InChI is InChI=1S/C19H16ClF2N3O6/c1-9(11-2-3-14(30-21)15(6-11)31-22)24-19(29)25-16(18(27)28)13(17(25)26)5-10-4-12(20)8-23-7-10/h2-4,6-9,13,16H,5H2,1H3,(H,24,29)(H,27,28)/t9?,13-,16+/m1/s1. The molecule has 1 fully saturated rings. The molecule has 1 aliphatic rings. The number of nitrogens with one attached hydrogen (secondary N) is 1. The summed E-state index contributed by atoms with van der Waals surface area (Å²) < 4.78 is 24.9. The van der Waals surface area contributed by atoms with Crippen molar-refractivity contribution in [3.8, 4) is 11.5 Å². The number of β-lactam (4-membered cyclic amide) rings is 1. The van der Waals surface area contributed by atoms with Gasteiger partial charge >= 0.3 is 12.0 Å². The van der Waals surface area contributed by atoms with Crippen LogP contribution in [0.2, 0.25) is 5.02 Å². The molecule has 0 aliphatic carbocycles. The third-order valence-electron chi connectivity index (χ3n) is 4.88. The first-order valence-electron chi connectivity index (χ1n) is 8.93. The third-order valence-corrected chi connectivity index (χ3v) is 5.08. The largest absolute Gasteiger partial charge is 0.480 e. The molecule has 3 rings (SSSR count). The van der Waals surface area contributed by atoms with E-state index in [1.165, 1.54) is 25.4 Å². The van der Waals surface area contributed by atoms with Crippen molar-refractivity contribution in [2.75, 3.05) is 0 Å². The molecule has 3 atom stereocenters. The summed E-state index contributed by atoms with van der Waals surface area (Å²) in [4.78, 5) is 48.3. The Morgan fingerprint density at radius 1 is 1.26 bits per heavy atom. The second-order valence-electron chi connectivity index (χ2n) is 6.84. The number of aliphatic carboxylic acids is 1. The molecule has 1 saturated heterocycles. The van der Waals surface area contributed by atoms with E-state index in [0.717, 1.165) is 12.1 Å². The highest BCUT2D eigenvalue weighted by molar-refractivity contribution is 6.30. The summed E-state index contributed by atoms with van der Waals surface area (Å²) in [5.41, 5.74) is 0.850. The lowest BCUT2D eigenvalue weighted by atomic mass is 9.83. The molecule has 1 aliphatic heterocycles. The fourth-order valence-corrected chi connectivity index (χ4v) is 3.53. The number of carbonyl (C=O) groups is 3. The molecule has 0 saturated carbocycles. The van der Waals surface area contributed by atoms with Crippen LogP contribution in [0.1, 0.15) is 24.1 Å². The number of hydrogen-bond acceptors (Lipinski definition) is 6. The molecule has 2 N–H and O–H groups in total. The zero-order valence-corrected chi connectivity index (χ0v) is 16.7. The Balaban J connectivity index is 1.72. The number of carboxylic acids is 1. The second kappa shape index (κ2) is 9.13. The third kappa shape index (κ3) is 4.50. The summed E-state index contributed by atoms with van der Waals surface area (Å²) in [6.07, 6.45) is 2.90. The van der Waals surface area contributed by atoms with Crippen molar-refractivity contribution in [1.29, 1.82) is 0 Å². The van der Waals surface area contributed by atoms with Gasteiger partial charge in [0, 0.05) is 21.4 Å². The van der Waals surface area contributed by atoms with Gasteiger partial charge in [0.2, 0.25) is 17.4 Å². The van der Waals surface area contributed by atoms with Gasteiger partial charge in [-0.15, -0.1) is 0 Å². The molecule has 12 heteroatoms. The topological polar surface area (TPSA) is 118 Å². The van der Waals surface area contributed by atoms with Gasteiger partial charge in [0.05, 0.1) is 17.0 Å². The van der Waals surface area contributed by atoms with Gasteiger partial charge in [-0.25, -0.2) is 14.5 Å². The lowest BCUT2D eigenvalue weighted by Gasteiger charge is -2.43. The minimum Gasteiger partial charge on any atom is -0.480 e. The fraction of sp³-hybridized carbons (Fsp3) is 0.263. The van der Waals surface area contributed by atoms with Crippen LogP contribution in [0, 0.1) is 5.92 Å². The van der Waals surface area contributed by atoms with E-state index in [1.807, 2.05) is 0 Å². The monoisotopic (exact) mass is 455 g/mol. The van der Waals surface area contributed by atoms with Crippen molar-refractivity contribution < 1.29 is 38.4 Å². The average Bonchev–Trinajstić information content (AvgIpc) is 2.74. The van der Waals surface area contributed by atoms with E-state index in [9.17, 15) is 28.5 Å². The zero-order chi connectivity index (χ0) is 22.7. The maximum absolute atomic E-state index is 12.6. The van der Waals surface area contributed by atoms with E-state index in [4.69, 9.17) is 11.6 Å². The number of nitrogens with zero attached hydrogens (tertiary/aromatic N) is 2. The average molecular weight is 456 g/mol. The first kappa shape index (κ1) is 22.2. The molecule has 0 radical (unpaired) electrons. The van der Waals surface area contributed by atoms with Crippen molar-refractivity contribution >= 4 is 29.5 Å². The van der Waals surface area contributed by atoms with E-state index < -0.39 is 47.4 Å². The highest BCUT2D eigenvalue weighted by Crippen LogP contribution is 2.33. The van der Waals surface area contributed by atoms with Crippen molar-refractivity contribution in [3.05, 3.63) is 52.8 Å². The predicted molar refractivity (Wildman–Crippen MR) is 102 cm³/mol. The van der Waals surface area contributed by atoms with Crippen molar-refractivity contribution in [2.45, 2.75) is 25.4 Å². The zero-order valence-electron chi connectivity index (χ0n) is 15.9. The van der Waals surface area contributed by atoms with Crippen LogP contribution in [-0.4, -0.2) is 38.9 Å². The van der Waals surface area contributed by atoms with Gasteiger partial charge in [0.15, 0.2) is 6.04 Å². The highest BCUT2D eigenvalue weighted by atomic mass is 35.5. The van der Waals surface area contributed by atoms with Gasteiger partial charge in [0.25, 0.3) is 0 Å². The molecule has 1 aromatic carbocycles. The lowest BCUT2D eigenvalue weighted by molar-refractivity contribution is -0.165. The quantitative estimate of drug-likeness (QED) is 0.615. The van der Waals surface area contributed by atoms with Crippen molar-refractivity contribution in [3.63, 3.8) is 0 Å². The number of carbonyl (C=O) groups excluding carboxylic acids is 2. The van der Waals surface area contributed by atoms with Gasteiger partial charge in [0.1, 0.15) is 0 Å². The van der Waals surface area contributed by atoms with Crippen LogP contribution in [0.3, 0.4) is 0 Å². The van der Waals surface area contributed by atoms with Crippen LogP contribution in [0.5, 0.6) is 11.5 Å². The predicted octanol–water partition coefficient (Wildman–Crippen LogP) is 3.19. The van der Waals surface area contributed by atoms with Crippen molar-refractivity contribution in [1.82, 2.24) is 15.2 Å². The molecule has 2 aromatic rings. The van der Waals surface area contributed by atoms with Crippen LogP contribution in [0.15, 0.2) is 36.7 Å². The number of imide groups is 1. The van der Waals surface area contributed by atoms with E-state index >= 15 is 0 Å². The maximum Gasteiger partial charge on any atom is 0.327 e. The molecule has 164 valence electrons. The normalized spacial score (nSPS) is 18.7. The van der Waals surface area contributed by atoms with Gasteiger partial charge < -0.3 is 10.4 Å². The van der Waals surface area contributed by atoms with Crippen LogP contribution in [-0.2, 0) is 16.0 Å². The number of urea groups is 1. The SMILES string of the molecule is CC(NC(=O)N1C(=O)[C@H](Cc2cncc(Cl)c2)[C@H]1C(=O)O)c1ccc(OF)c(OF)c1. The summed E-state index contributed by atoms with van der Waals surface area (Å²) in [5.74, 6) is -4.05. The Morgan fingerprint density at radius 2 is 1.97 bits per heavy atom. The number of carboxylic acid groups (broad SMARTS) is 1. The van der Waals surface area contributed by atoms with E-state index in [-0.39, 0.29) is 6.42 Å². The number of rotatable bonds is 7. The summed E-state index contributed by atoms with van der Waals surface area (Å²) in [5, 5.41) is 12.3. The summed E-state index contributed by atoms with van der Waals surface area (Å²) in [6.45, 7) is 1.50. The number of hydrogen-bond donors (Lipinski definition) is 2. The summed E-state index contributed by atoms with van der Waals surface area (Å²) >= 11 is 5.86. The first-order chi connectivity index (χ1) is 14.8. The Labute approximate surface area is 179 Å². The highest BCUT2D eigenvalue weighted by Gasteiger charge is 2.54. The molecule has 3 amide bonds. The smallest absolute Gasteiger partial charge is 0.327 e. The Kier molecular flexibility index (Phi) is 6.54. The Morgan fingerprint density at radius 3 is 2.58 bits per heavy atom. The number of likely N-dealkylation sites (tertiary alicyclic amines) is 1. The van der Waals surface area contributed by atoms with Gasteiger partial charge in [-0.05, 0) is 42.7 Å². The minimum absolute atomic E-state index is 0.0462. The van der Waals surface area contributed by atoms with Crippen molar-refractivity contribution in [2.24, 2.45) is 5.92 Å². The lowest BCUT2D eigenvalue weighted by Crippen LogP contribution is -2.68. The Bertz CT molecular complexity index is 1020. The van der Waals surface area contributed by atoms with E-state index in [0.29, 0.717) is 21.0 Å². The molecule has 1 aromatic heterocycles. The molecule has 31 heavy (non-hydrogen) atoms. The molecular formula is C19H16ClF2N3O6. The number of amides is 3. The number of aromatic nitrogens is 1. The Hall–Kier alpha value is -3.47. The molecule has 9 nitrogen and oxygen atoms in total. The van der Waals surface area contributed by atoms with E-state index in [1.54, 1.807) is 6.07 Å². The number of halogens is 3. The summed E-state index contributed by atoms with van der Waals surface area (Å²) in [7, 11) is 0. The second-order valence-corrected chi connectivity index (χ2v) is 7.28.